The molecule has 0 aliphatic heterocycles. The van der Waals surface area contributed by atoms with E-state index in [2.05, 4.69) is 47.2 Å². The van der Waals surface area contributed by atoms with Gasteiger partial charge in [-0.2, -0.15) is 0 Å². The maximum Gasteiger partial charge on any atom is 0.331 e. The number of rotatable bonds is 17. The maximum atomic E-state index is 12.7. The van der Waals surface area contributed by atoms with Crippen LogP contribution in [0.4, 0.5) is 0 Å². The van der Waals surface area contributed by atoms with E-state index in [4.69, 9.17) is 12.2 Å². The van der Waals surface area contributed by atoms with E-state index in [1.807, 2.05) is 22.3 Å². The summed E-state index contributed by atoms with van der Waals surface area (Å²) in [4.78, 5) is 12.3. The van der Waals surface area contributed by atoms with Gasteiger partial charge >= 0.3 is 5.69 Å². The molecule has 0 amide bonds. The van der Waals surface area contributed by atoms with Crippen molar-refractivity contribution in [1.82, 2.24) is 18.3 Å². The largest absolute Gasteiger partial charge is 0.493 e. The van der Waals surface area contributed by atoms with E-state index in [0.29, 0.717) is 42.5 Å². The van der Waals surface area contributed by atoms with E-state index >= 15 is 0 Å². The van der Waals surface area contributed by atoms with Crippen LogP contribution in [0.1, 0.15) is 67.2 Å². The maximum absolute atomic E-state index is 12.7. The Kier molecular flexibility index (Phi) is 12.6. The van der Waals surface area contributed by atoms with Crippen molar-refractivity contribution in [2.45, 2.75) is 98.4 Å². The number of hydrogen-bond acceptors (Lipinski definition) is 6. The van der Waals surface area contributed by atoms with E-state index in [9.17, 15) is 18.3 Å². The molecular formula is C26H46N4O4S4. The Labute approximate surface area is 243 Å². The molecule has 0 bridgehead atoms. The Bertz CT molecular complexity index is 1130. The average molecular weight is 607 g/mol. The summed E-state index contributed by atoms with van der Waals surface area (Å²) in [5.41, 5.74) is -0.329. The highest BCUT2D eigenvalue weighted by molar-refractivity contribution is 7.88. The number of aromatic hydroxyl groups is 1. The Balaban J connectivity index is 1.72. The van der Waals surface area contributed by atoms with Gasteiger partial charge in [0.25, 0.3) is 0 Å². The highest BCUT2D eigenvalue weighted by Crippen LogP contribution is 2.28. The summed E-state index contributed by atoms with van der Waals surface area (Å²) < 4.78 is 33.0. The summed E-state index contributed by atoms with van der Waals surface area (Å²) in [5.74, 6) is 2.00. The van der Waals surface area contributed by atoms with Crippen LogP contribution in [-0.2, 0) is 47.8 Å². The van der Waals surface area contributed by atoms with Crippen molar-refractivity contribution in [3.8, 4) is 5.88 Å². The summed E-state index contributed by atoms with van der Waals surface area (Å²) in [5, 5.41) is 10.9. The van der Waals surface area contributed by atoms with Crippen LogP contribution in [0.2, 0.25) is 0 Å². The highest BCUT2D eigenvalue weighted by atomic mass is 32.2. The molecule has 0 aromatic carbocycles. The lowest BCUT2D eigenvalue weighted by Gasteiger charge is -2.25. The van der Waals surface area contributed by atoms with Crippen LogP contribution in [0.15, 0.2) is 22.2 Å². The third-order valence-electron chi connectivity index (χ3n) is 7.31. The fourth-order valence-electron chi connectivity index (χ4n) is 4.16. The molecule has 2 unspecified atom stereocenters. The lowest BCUT2D eigenvalue weighted by Crippen LogP contribution is -2.26. The third kappa shape index (κ3) is 9.82. The molecule has 0 spiro atoms. The van der Waals surface area contributed by atoms with Crippen LogP contribution in [-0.4, -0.2) is 54.8 Å². The van der Waals surface area contributed by atoms with Gasteiger partial charge in [-0.05, 0) is 62.6 Å². The molecule has 12 heteroatoms. The predicted octanol–water partition coefficient (Wildman–Crippen LogP) is 4.83. The van der Waals surface area contributed by atoms with Crippen LogP contribution < -0.4 is 5.69 Å². The molecule has 1 N–H and O–H groups in total. The van der Waals surface area contributed by atoms with E-state index in [0.717, 1.165) is 42.1 Å². The first-order valence-corrected chi connectivity index (χ1v) is 17.2. The zero-order valence-corrected chi connectivity index (χ0v) is 27.1. The van der Waals surface area contributed by atoms with Crippen molar-refractivity contribution in [3.05, 3.63) is 27.6 Å². The Hall–Kier alpha value is -1.11. The van der Waals surface area contributed by atoms with Gasteiger partial charge in [-0.25, -0.2) is 4.79 Å². The van der Waals surface area contributed by atoms with Gasteiger partial charge in [0.15, 0.2) is 4.77 Å². The standard InChI is InChI=1S/C26H46N4O4S4/c1-7-27-19-21(31)29(23(27)32)13-9-25(3,4)11-15-37(33)17-18-38(34)16-12-26(5,6)10-14-30-22(35)20-28(8-2)24(30)36/h19-20,31,35H,7-18H2,1-6H3. The van der Waals surface area contributed by atoms with Crippen molar-refractivity contribution in [2.24, 2.45) is 10.8 Å². The van der Waals surface area contributed by atoms with Gasteiger partial charge < -0.3 is 14.2 Å². The molecule has 0 saturated carbocycles. The minimum Gasteiger partial charge on any atom is -0.493 e. The number of hydrogen-bond donors (Lipinski definition) is 2. The lowest BCUT2D eigenvalue weighted by molar-refractivity contribution is 0.291. The molecule has 0 aliphatic carbocycles. The quantitative estimate of drug-likeness (QED) is 0.199. The van der Waals surface area contributed by atoms with Crippen LogP contribution in [0, 0.1) is 15.6 Å². The second-order valence-electron chi connectivity index (χ2n) is 11.4. The van der Waals surface area contributed by atoms with Gasteiger partial charge in [-0.3, -0.25) is 17.6 Å². The van der Waals surface area contributed by atoms with Crippen molar-refractivity contribution in [2.75, 3.05) is 23.0 Å². The second-order valence-corrected chi connectivity index (χ2v) is 15.7. The number of aryl methyl sites for hydroxylation is 2. The topological polar surface area (TPSA) is 91.2 Å². The zero-order chi connectivity index (χ0) is 28.7. The summed E-state index contributed by atoms with van der Waals surface area (Å²) in [6.45, 7) is 15.0. The van der Waals surface area contributed by atoms with Gasteiger partial charge in [0, 0.05) is 77.0 Å². The summed E-state index contributed by atoms with van der Waals surface area (Å²) >= 11 is 10.1. The fraction of sp³-hybridized carbons (Fsp3) is 0.769. The highest BCUT2D eigenvalue weighted by Gasteiger charge is 2.22. The van der Waals surface area contributed by atoms with Crippen LogP contribution >= 0.6 is 24.8 Å². The first-order valence-electron chi connectivity index (χ1n) is 13.4. The molecular weight excluding hydrogens is 561 g/mol. The summed E-state index contributed by atoms with van der Waals surface area (Å²) in [6.07, 6.45) is 6.59. The first-order chi connectivity index (χ1) is 17.7. The molecule has 8 nitrogen and oxygen atoms in total. The van der Waals surface area contributed by atoms with Gasteiger partial charge in [0.05, 0.1) is 11.2 Å². The van der Waals surface area contributed by atoms with E-state index in [1.54, 1.807) is 0 Å². The SMILES string of the molecule is CCn1cc(O)n(CCC(C)(C)CCS(=O)CCS(=O)CCC(C)(C)CCn2c(S)cn(CC)c2=S)c1=O. The molecule has 2 aromatic rings. The Morgan fingerprint density at radius 1 is 0.816 bits per heavy atom. The Morgan fingerprint density at radius 3 is 1.71 bits per heavy atom. The molecule has 2 aromatic heterocycles. The van der Waals surface area contributed by atoms with E-state index < -0.39 is 21.6 Å². The minimum atomic E-state index is -1.04. The molecule has 2 atom stereocenters. The van der Waals surface area contributed by atoms with Crippen LogP contribution in [0.25, 0.3) is 0 Å². The van der Waals surface area contributed by atoms with Gasteiger partial charge in [0.1, 0.15) is 0 Å². The predicted molar refractivity (Wildman–Crippen MR) is 164 cm³/mol. The van der Waals surface area contributed by atoms with E-state index in [1.165, 1.54) is 15.3 Å². The molecule has 38 heavy (non-hydrogen) atoms. The second kappa shape index (κ2) is 14.5. The van der Waals surface area contributed by atoms with Crippen molar-refractivity contribution in [1.29, 1.82) is 0 Å². The van der Waals surface area contributed by atoms with Crippen molar-refractivity contribution in [3.63, 3.8) is 0 Å². The normalized spacial score (nSPS) is 14.2. The summed E-state index contributed by atoms with van der Waals surface area (Å²) in [7, 11) is -2.05. The molecule has 0 fully saturated rings. The first kappa shape index (κ1) is 33.1. The lowest BCUT2D eigenvalue weighted by atomic mass is 9.86. The average Bonchev–Trinajstić information content (AvgIpc) is 3.30. The number of thiol groups is 1. The fourth-order valence-corrected chi connectivity index (χ4v) is 8.39. The van der Waals surface area contributed by atoms with Gasteiger partial charge in [0.2, 0.25) is 5.88 Å². The minimum absolute atomic E-state index is 0.0106. The summed E-state index contributed by atoms with van der Waals surface area (Å²) in [6, 6.07) is 0. The monoisotopic (exact) mass is 606 g/mol. The smallest absolute Gasteiger partial charge is 0.331 e. The third-order valence-corrected chi connectivity index (χ3v) is 11.0. The van der Waals surface area contributed by atoms with Gasteiger partial charge in [-0.1, -0.05) is 27.7 Å². The Morgan fingerprint density at radius 2 is 1.29 bits per heavy atom. The molecule has 218 valence electrons. The van der Waals surface area contributed by atoms with Crippen LogP contribution in [0.3, 0.4) is 0 Å². The number of nitrogens with zero attached hydrogens (tertiary/aromatic N) is 4. The number of aromatic nitrogens is 4. The molecule has 0 aliphatic rings. The molecule has 2 rings (SSSR count). The number of imidazole rings is 2. The molecule has 0 radical (unpaired) electrons. The zero-order valence-electron chi connectivity index (χ0n) is 23.8. The van der Waals surface area contributed by atoms with Crippen molar-refractivity contribution >= 4 is 46.4 Å². The van der Waals surface area contributed by atoms with E-state index in [-0.39, 0.29) is 22.4 Å². The molecule has 2 heterocycles. The van der Waals surface area contributed by atoms with Crippen molar-refractivity contribution < 1.29 is 13.5 Å². The van der Waals surface area contributed by atoms with Gasteiger partial charge in [-0.15, -0.1) is 12.6 Å². The molecule has 0 saturated heterocycles. The van der Waals surface area contributed by atoms with Crippen LogP contribution in [0.5, 0.6) is 5.88 Å².